The third-order valence-electron chi connectivity index (χ3n) is 7.85. The number of benzene rings is 1. The Morgan fingerprint density at radius 2 is 1.73 bits per heavy atom. The van der Waals surface area contributed by atoms with Gasteiger partial charge in [-0.25, -0.2) is 12.8 Å². The van der Waals surface area contributed by atoms with Gasteiger partial charge in [0.05, 0.1) is 17.0 Å². The van der Waals surface area contributed by atoms with E-state index in [1.807, 2.05) is 11.9 Å². The molecule has 0 heterocycles. The molecule has 6 nitrogen and oxygen atoms in total. The largest absolute Gasteiger partial charge is 0.489 e. The van der Waals surface area contributed by atoms with Crippen molar-refractivity contribution in [2.24, 2.45) is 17.1 Å². The smallest absolute Gasteiger partial charge is 0.225 e. The average molecular weight is 481 g/mol. The van der Waals surface area contributed by atoms with E-state index in [2.05, 4.69) is 0 Å². The molecular weight excluding hydrogens is 443 g/mol. The molecule has 8 heteroatoms. The van der Waals surface area contributed by atoms with Gasteiger partial charge in [-0.1, -0.05) is 7.43 Å². The molecule has 2 N–H and O–H groups in total. The number of ether oxygens (including phenoxy) is 1. The van der Waals surface area contributed by atoms with E-state index < -0.39 is 9.84 Å². The van der Waals surface area contributed by atoms with Crippen molar-refractivity contribution in [2.75, 3.05) is 26.0 Å². The molecule has 33 heavy (non-hydrogen) atoms. The lowest BCUT2D eigenvalue weighted by molar-refractivity contribution is -0.143. The zero-order valence-electron chi connectivity index (χ0n) is 18.7. The fraction of sp³-hybridized carbons (Fsp3) is 0.640. The van der Waals surface area contributed by atoms with Crippen LogP contribution in [0.25, 0.3) is 0 Å². The number of rotatable bonds is 9. The van der Waals surface area contributed by atoms with Gasteiger partial charge in [-0.05, 0) is 81.0 Å². The Morgan fingerprint density at radius 3 is 2.21 bits per heavy atom. The molecule has 4 aliphatic rings. The standard InChI is InChI=1S/C24H33FN2O4S.CH4/c1-27(22(28)19-2-3-19)24-11-8-23(9-12-24,10-13-24)17-32(29,30)21-6-4-20(5-7-21)31-16-18(14-25)15-26;/h4-7,14,19H,2-3,8-13,15-17,26H2,1H3;1H4/b18-14+;. The number of halogens is 1. The maximum Gasteiger partial charge on any atom is 0.225 e. The van der Waals surface area contributed by atoms with E-state index in [1.54, 1.807) is 24.3 Å². The number of hydrogen-bond acceptors (Lipinski definition) is 5. The van der Waals surface area contributed by atoms with Gasteiger partial charge < -0.3 is 15.4 Å². The van der Waals surface area contributed by atoms with Gasteiger partial charge in [0.25, 0.3) is 0 Å². The zero-order valence-corrected chi connectivity index (χ0v) is 19.5. The Kier molecular flexibility index (Phi) is 7.58. The lowest BCUT2D eigenvalue weighted by atomic mass is 9.57. The van der Waals surface area contributed by atoms with E-state index in [1.165, 1.54) is 0 Å². The molecule has 0 saturated heterocycles. The van der Waals surface area contributed by atoms with E-state index >= 15 is 0 Å². The average Bonchev–Trinajstić information content (AvgIpc) is 3.65. The van der Waals surface area contributed by atoms with Crippen LogP contribution in [-0.2, 0) is 14.6 Å². The van der Waals surface area contributed by atoms with E-state index in [0.717, 1.165) is 51.4 Å². The minimum Gasteiger partial charge on any atom is -0.489 e. The van der Waals surface area contributed by atoms with Crippen LogP contribution in [-0.4, -0.2) is 50.7 Å². The van der Waals surface area contributed by atoms with Crippen LogP contribution in [0.3, 0.4) is 0 Å². The number of amides is 1. The summed E-state index contributed by atoms with van der Waals surface area (Å²) in [6.07, 6.45) is 7.62. The monoisotopic (exact) mass is 480 g/mol. The molecule has 0 aliphatic heterocycles. The highest BCUT2D eigenvalue weighted by Crippen LogP contribution is 2.55. The first kappa shape index (κ1) is 25.7. The van der Waals surface area contributed by atoms with Gasteiger partial charge in [-0.3, -0.25) is 4.79 Å². The number of carbonyl (C=O) groups excluding carboxylic acids is 1. The van der Waals surface area contributed by atoms with Gasteiger partial charge in [0.15, 0.2) is 9.84 Å². The Balaban J connectivity index is 0.00000306. The molecule has 1 amide bonds. The first-order chi connectivity index (χ1) is 15.2. The molecule has 5 rings (SSSR count). The Morgan fingerprint density at radius 1 is 1.15 bits per heavy atom. The van der Waals surface area contributed by atoms with Crippen molar-refractivity contribution in [1.29, 1.82) is 0 Å². The van der Waals surface area contributed by atoms with Crippen LogP contribution in [0.1, 0.15) is 58.8 Å². The van der Waals surface area contributed by atoms with Gasteiger partial charge in [0.2, 0.25) is 5.91 Å². The van der Waals surface area contributed by atoms with Crippen LogP contribution in [0, 0.1) is 11.3 Å². The third kappa shape index (κ3) is 5.27. The maximum absolute atomic E-state index is 13.2. The van der Waals surface area contributed by atoms with Crippen molar-refractivity contribution < 1.29 is 22.3 Å². The molecule has 0 aromatic heterocycles. The van der Waals surface area contributed by atoms with Crippen LogP contribution in [0.5, 0.6) is 5.75 Å². The number of carbonyl (C=O) groups is 1. The summed E-state index contributed by atoms with van der Waals surface area (Å²) in [5, 5.41) is 0. The lowest BCUT2D eigenvalue weighted by Crippen LogP contribution is -2.58. The maximum atomic E-state index is 13.2. The van der Waals surface area contributed by atoms with E-state index in [9.17, 15) is 17.6 Å². The minimum atomic E-state index is -3.45. The van der Waals surface area contributed by atoms with Crippen LogP contribution in [0.15, 0.2) is 41.1 Å². The molecule has 1 aromatic rings. The van der Waals surface area contributed by atoms with Crippen molar-refractivity contribution >= 4 is 15.7 Å². The number of nitrogens with zero attached hydrogens (tertiary/aromatic N) is 1. The van der Waals surface area contributed by atoms with Crippen molar-refractivity contribution in [3.05, 3.63) is 36.2 Å². The highest BCUT2D eigenvalue weighted by molar-refractivity contribution is 7.91. The molecule has 184 valence electrons. The van der Waals surface area contributed by atoms with Crippen LogP contribution < -0.4 is 10.5 Å². The topological polar surface area (TPSA) is 89.7 Å². The van der Waals surface area contributed by atoms with Gasteiger partial charge in [-0.15, -0.1) is 0 Å². The molecule has 0 atom stereocenters. The predicted molar refractivity (Wildman–Crippen MR) is 127 cm³/mol. The van der Waals surface area contributed by atoms with E-state index in [4.69, 9.17) is 10.5 Å². The summed E-state index contributed by atoms with van der Waals surface area (Å²) in [5.74, 6) is 1.09. The zero-order chi connectivity index (χ0) is 23.0. The first-order valence-corrected chi connectivity index (χ1v) is 13.1. The quantitative estimate of drug-likeness (QED) is 0.571. The van der Waals surface area contributed by atoms with Crippen molar-refractivity contribution in [3.8, 4) is 5.75 Å². The Hall–Kier alpha value is -1.93. The van der Waals surface area contributed by atoms with Gasteiger partial charge in [0, 0.05) is 30.6 Å². The normalized spacial score (nSPS) is 27.1. The van der Waals surface area contributed by atoms with Crippen LogP contribution >= 0.6 is 0 Å². The van der Waals surface area contributed by atoms with Gasteiger partial charge >= 0.3 is 0 Å². The van der Waals surface area contributed by atoms with Crippen LogP contribution in [0.4, 0.5) is 4.39 Å². The number of sulfone groups is 1. The first-order valence-electron chi connectivity index (χ1n) is 11.4. The molecule has 4 fully saturated rings. The van der Waals surface area contributed by atoms with Gasteiger partial charge in [0.1, 0.15) is 12.4 Å². The van der Waals surface area contributed by atoms with Crippen molar-refractivity contribution in [3.63, 3.8) is 0 Å². The fourth-order valence-electron chi connectivity index (χ4n) is 5.34. The molecule has 1 aromatic carbocycles. The number of hydrogen-bond donors (Lipinski definition) is 1. The minimum absolute atomic E-state index is 0. The second-order valence-electron chi connectivity index (χ2n) is 9.89. The van der Waals surface area contributed by atoms with Gasteiger partial charge in [-0.2, -0.15) is 0 Å². The highest BCUT2D eigenvalue weighted by Gasteiger charge is 2.53. The van der Waals surface area contributed by atoms with Crippen molar-refractivity contribution in [2.45, 2.75) is 69.2 Å². The Bertz CT molecular complexity index is 962. The summed E-state index contributed by atoms with van der Waals surface area (Å²) in [5.41, 5.74) is 5.45. The summed E-state index contributed by atoms with van der Waals surface area (Å²) in [7, 11) is -1.51. The number of nitrogens with two attached hydrogens (primary N) is 1. The molecule has 0 spiro atoms. The summed E-state index contributed by atoms with van der Waals surface area (Å²) in [6, 6.07) is 6.31. The Labute approximate surface area is 197 Å². The summed E-state index contributed by atoms with van der Waals surface area (Å²) in [6.45, 7) is 0.0958. The lowest BCUT2D eigenvalue weighted by Gasteiger charge is -2.56. The molecule has 4 saturated carbocycles. The highest BCUT2D eigenvalue weighted by atomic mass is 32.2. The molecule has 0 radical (unpaired) electrons. The SMILES string of the molecule is C.CN(C(=O)C1CC1)C12CCC(CS(=O)(=O)c3ccc(OC/C(=C/F)CN)cc3)(CC1)CC2. The molecule has 0 unspecified atom stereocenters. The predicted octanol–water partition coefficient (Wildman–Crippen LogP) is 4.25. The summed E-state index contributed by atoms with van der Waals surface area (Å²) < 4.78 is 44.5. The molecular formula is C25H37FN2O4S. The summed E-state index contributed by atoms with van der Waals surface area (Å²) >= 11 is 0. The molecule has 4 aliphatic carbocycles. The molecule has 2 bridgehead atoms. The number of fused-ring (bicyclic) bond motifs is 3. The second-order valence-corrected chi connectivity index (χ2v) is 11.9. The summed E-state index contributed by atoms with van der Waals surface area (Å²) in [4.78, 5) is 14.9. The van der Waals surface area contributed by atoms with Crippen LogP contribution in [0.2, 0.25) is 0 Å². The van der Waals surface area contributed by atoms with E-state index in [0.29, 0.717) is 17.7 Å². The van der Waals surface area contributed by atoms with E-state index in [-0.39, 0.29) is 54.0 Å². The van der Waals surface area contributed by atoms with Crippen molar-refractivity contribution in [1.82, 2.24) is 4.90 Å². The fourth-order valence-corrected chi connectivity index (χ4v) is 7.30. The third-order valence-corrected chi connectivity index (χ3v) is 9.83. The second kappa shape index (κ2) is 9.74.